The van der Waals surface area contributed by atoms with Crippen molar-refractivity contribution in [3.05, 3.63) is 73.2 Å². The summed E-state index contributed by atoms with van der Waals surface area (Å²) in [5, 5.41) is 4.28. The molecule has 3 nitrogen and oxygen atoms in total. The molecule has 1 unspecified atom stereocenters. The largest absolute Gasteiger partial charge is 0.405 e. The van der Waals surface area contributed by atoms with Gasteiger partial charge in [0.25, 0.3) is 5.91 Å². The minimum absolute atomic E-state index is 0.0210. The maximum Gasteiger partial charge on any atom is 0.405 e. The second-order valence-electron chi connectivity index (χ2n) is 8.25. The molecule has 0 spiro atoms. The molecule has 3 rings (SSSR count). The van der Waals surface area contributed by atoms with Crippen molar-refractivity contribution in [1.82, 2.24) is 10.6 Å². The first-order chi connectivity index (χ1) is 17.0. The molecule has 37 heavy (non-hydrogen) atoms. The summed E-state index contributed by atoms with van der Waals surface area (Å²) in [4.78, 5) is 12.6. The average molecular weight is 624 g/mol. The van der Waals surface area contributed by atoms with Crippen LogP contribution in [-0.2, 0) is 0 Å². The molecule has 1 aliphatic rings. The van der Waals surface area contributed by atoms with E-state index in [-0.39, 0.29) is 41.8 Å². The number of thiocarbonyl (C=S) groups is 1. The molecule has 1 atom stereocenters. The minimum atomic E-state index is -4.68. The number of alkyl halides is 6. The normalized spacial score (nSPS) is 15.9. The van der Waals surface area contributed by atoms with Gasteiger partial charge < -0.3 is 10.6 Å². The van der Waals surface area contributed by atoms with Gasteiger partial charge in [-0.05, 0) is 48.2 Å². The van der Waals surface area contributed by atoms with Crippen molar-refractivity contribution in [3.8, 4) is 0 Å². The molecule has 0 saturated heterocycles. The van der Waals surface area contributed by atoms with Gasteiger partial charge in [0.15, 0.2) is 0 Å². The van der Waals surface area contributed by atoms with E-state index < -0.39 is 36.3 Å². The average Bonchev–Trinajstić information content (AvgIpc) is 3.55. The summed E-state index contributed by atoms with van der Waals surface area (Å²) in [6.45, 7) is -1.33. The highest BCUT2D eigenvalue weighted by molar-refractivity contribution is 7.80. The van der Waals surface area contributed by atoms with E-state index in [1.165, 1.54) is 24.3 Å². The highest BCUT2D eigenvalue weighted by Gasteiger charge is 2.49. The zero-order chi connectivity index (χ0) is 27.8. The predicted octanol–water partition coefficient (Wildman–Crippen LogP) is 8.40. The van der Waals surface area contributed by atoms with Crippen molar-refractivity contribution in [2.75, 3.05) is 6.54 Å². The van der Waals surface area contributed by atoms with Crippen molar-refractivity contribution in [3.63, 3.8) is 0 Å². The van der Waals surface area contributed by atoms with Crippen molar-refractivity contribution in [1.29, 1.82) is 0 Å². The fourth-order valence-electron chi connectivity index (χ4n) is 3.36. The smallest absolute Gasteiger partial charge is 0.369 e. The van der Waals surface area contributed by atoms with Crippen LogP contribution in [0.4, 0.5) is 26.3 Å². The highest BCUT2D eigenvalue weighted by atomic mass is 35.5. The summed E-state index contributed by atoms with van der Waals surface area (Å²) < 4.78 is 78.6. The van der Waals surface area contributed by atoms with E-state index in [0.717, 1.165) is 18.2 Å². The number of carbonyl (C=O) groups is 1. The molecule has 0 radical (unpaired) electrons. The lowest BCUT2D eigenvalue weighted by Gasteiger charge is -2.21. The number of rotatable bonds is 7. The number of hydrogen-bond acceptors (Lipinski definition) is 2. The number of nitrogens with one attached hydrogen (secondary N) is 2. The fourth-order valence-corrected chi connectivity index (χ4v) is 4.57. The van der Waals surface area contributed by atoms with Gasteiger partial charge in [-0.25, -0.2) is 0 Å². The molecule has 0 bridgehead atoms. The zero-order valence-corrected chi connectivity index (χ0v) is 22.2. The van der Waals surface area contributed by atoms with Crippen LogP contribution >= 0.6 is 58.6 Å². The number of benzene rings is 2. The van der Waals surface area contributed by atoms with Gasteiger partial charge in [0.05, 0.1) is 37.1 Å². The molecule has 200 valence electrons. The maximum atomic E-state index is 13.7. The Morgan fingerprint density at radius 3 is 2.08 bits per heavy atom. The molecule has 0 aromatic heterocycles. The van der Waals surface area contributed by atoms with Gasteiger partial charge in [0.2, 0.25) is 0 Å². The number of amides is 1. The molecule has 2 aromatic rings. The Bertz CT molecular complexity index is 1220. The first-order valence-electron chi connectivity index (χ1n) is 10.4. The predicted molar refractivity (Wildman–Crippen MR) is 137 cm³/mol. The molecule has 1 amide bonds. The van der Waals surface area contributed by atoms with Gasteiger partial charge in [0, 0.05) is 0 Å². The standard InChI is InChI=1S/C23H16Cl4F6N2OS/c24-15-7-11(2-4-14(23(31,32)33)12-8-16(25)18(27)17(26)9-12)1-3-13(15)19(36)35-21(5-6-21)20(37)34-10-22(28,29)30/h1-4,7-9,14H,5-6,10H2,(H,34,37)(H,35,36)/b4-2+. The van der Waals surface area contributed by atoms with E-state index in [0.29, 0.717) is 12.8 Å². The fraction of sp³-hybridized carbons (Fsp3) is 0.304. The molecule has 0 aliphatic heterocycles. The van der Waals surface area contributed by atoms with Crippen LogP contribution in [0.15, 0.2) is 36.4 Å². The minimum Gasteiger partial charge on any atom is -0.369 e. The Kier molecular flexibility index (Phi) is 9.01. The highest BCUT2D eigenvalue weighted by Crippen LogP contribution is 2.41. The lowest BCUT2D eigenvalue weighted by molar-refractivity contribution is -0.139. The number of carbonyl (C=O) groups excluding carboxylic acids is 1. The van der Waals surface area contributed by atoms with Crippen molar-refractivity contribution in [2.45, 2.75) is 36.7 Å². The summed E-state index contributed by atoms with van der Waals surface area (Å²) in [6.07, 6.45) is -6.42. The summed E-state index contributed by atoms with van der Waals surface area (Å²) in [5.41, 5.74) is -1.10. The Hall–Kier alpha value is -1.72. The van der Waals surface area contributed by atoms with E-state index in [4.69, 9.17) is 58.6 Å². The monoisotopic (exact) mass is 622 g/mol. The van der Waals surface area contributed by atoms with E-state index >= 15 is 0 Å². The van der Waals surface area contributed by atoms with Gasteiger partial charge in [-0.3, -0.25) is 4.79 Å². The van der Waals surface area contributed by atoms with E-state index in [9.17, 15) is 31.1 Å². The van der Waals surface area contributed by atoms with Crippen LogP contribution in [0.1, 0.15) is 40.2 Å². The van der Waals surface area contributed by atoms with Crippen molar-refractivity contribution < 1.29 is 31.1 Å². The summed E-state index contributed by atoms with van der Waals surface area (Å²) in [7, 11) is 0. The molecule has 0 heterocycles. The first kappa shape index (κ1) is 29.8. The van der Waals surface area contributed by atoms with Crippen LogP contribution in [0.5, 0.6) is 0 Å². The molecule has 1 aliphatic carbocycles. The molecular weight excluding hydrogens is 608 g/mol. The maximum absolute atomic E-state index is 13.7. The zero-order valence-electron chi connectivity index (χ0n) is 18.3. The Labute approximate surface area is 233 Å². The van der Waals surface area contributed by atoms with Gasteiger partial charge in [0.1, 0.15) is 11.5 Å². The topological polar surface area (TPSA) is 41.1 Å². The van der Waals surface area contributed by atoms with Crippen molar-refractivity contribution >= 4 is 75.6 Å². The number of allylic oxidation sites excluding steroid dienone is 1. The summed E-state index contributed by atoms with van der Waals surface area (Å²) >= 11 is 28.8. The van der Waals surface area contributed by atoms with Crippen LogP contribution < -0.4 is 10.6 Å². The summed E-state index contributed by atoms with van der Waals surface area (Å²) in [5.74, 6) is -2.76. The molecule has 14 heteroatoms. The quantitative estimate of drug-likeness (QED) is 0.185. The number of hydrogen-bond donors (Lipinski definition) is 2. The Balaban J connectivity index is 1.76. The van der Waals surface area contributed by atoms with Gasteiger partial charge >= 0.3 is 12.4 Å². The van der Waals surface area contributed by atoms with Crippen LogP contribution in [-0.4, -0.2) is 35.3 Å². The van der Waals surface area contributed by atoms with Crippen LogP contribution in [0.2, 0.25) is 20.1 Å². The number of halogens is 10. The molecular formula is C23H16Cl4F6N2OS. The Morgan fingerprint density at radius 1 is 1.00 bits per heavy atom. The van der Waals surface area contributed by atoms with Crippen molar-refractivity contribution in [2.24, 2.45) is 0 Å². The van der Waals surface area contributed by atoms with Gasteiger partial charge in [-0.15, -0.1) is 0 Å². The molecule has 2 N–H and O–H groups in total. The van der Waals surface area contributed by atoms with Crippen LogP contribution in [0.3, 0.4) is 0 Å². The summed E-state index contributed by atoms with van der Waals surface area (Å²) in [6, 6.07) is 6.08. The van der Waals surface area contributed by atoms with Crippen LogP contribution in [0.25, 0.3) is 6.08 Å². The lowest BCUT2D eigenvalue weighted by atomic mass is 9.97. The molecule has 1 saturated carbocycles. The SMILES string of the molecule is O=C(NC1(C(=S)NCC(F)(F)F)CC1)c1ccc(/C=C/C(c2cc(Cl)c(Cl)c(Cl)c2)C(F)(F)F)cc1Cl. The van der Waals surface area contributed by atoms with E-state index in [1.54, 1.807) is 0 Å². The Morgan fingerprint density at radius 2 is 1.59 bits per heavy atom. The van der Waals surface area contributed by atoms with Gasteiger partial charge in [-0.1, -0.05) is 76.8 Å². The molecule has 2 aromatic carbocycles. The third-order valence-electron chi connectivity index (χ3n) is 5.42. The van der Waals surface area contributed by atoms with Gasteiger partial charge in [-0.2, -0.15) is 26.3 Å². The van der Waals surface area contributed by atoms with E-state index in [1.807, 2.05) is 0 Å². The molecule has 1 fully saturated rings. The third-order valence-corrected chi connectivity index (χ3v) is 7.47. The first-order valence-corrected chi connectivity index (χ1v) is 12.3. The van der Waals surface area contributed by atoms with Crippen LogP contribution in [0, 0.1) is 0 Å². The lowest BCUT2D eigenvalue weighted by Crippen LogP contribution is -2.49. The van der Waals surface area contributed by atoms with E-state index in [2.05, 4.69) is 10.6 Å². The second-order valence-corrected chi connectivity index (χ2v) is 10.3. The second kappa shape index (κ2) is 11.2. The third kappa shape index (κ3) is 7.66.